The Labute approximate surface area is 227 Å². The molecular formula is C29H32N6O4. The van der Waals surface area contributed by atoms with E-state index in [1.54, 1.807) is 80.8 Å². The molecule has 10 nitrogen and oxygen atoms in total. The predicted molar refractivity (Wildman–Crippen MR) is 151 cm³/mol. The number of urea groups is 1. The molecule has 1 aromatic heterocycles. The third kappa shape index (κ3) is 5.96. The second-order valence-electron chi connectivity index (χ2n) is 9.46. The highest BCUT2D eigenvalue weighted by molar-refractivity contribution is 6.20. The number of amides is 3. The van der Waals surface area contributed by atoms with E-state index < -0.39 is 23.5 Å². The van der Waals surface area contributed by atoms with E-state index in [4.69, 9.17) is 0 Å². The summed E-state index contributed by atoms with van der Waals surface area (Å²) in [4.78, 5) is 50.7. The molecule has 4 N–H and O–H groups in total. The highest BCUT2D eigenvalue weighted by Gasteiger charge is 2.38. The fourth-order valence-corrected chi connectivity index (χ4v) is 4.17. The first kappa shape index (κ1) is 27.5. The normalized spacial score (nSPS) is 16.3. The third-order valence-electron chi connectivity index (χ3n) is 6.90. The lowest BCUT2D eigenvalue weighted by Gasteiger charge is -2.30. The van der Waals surface area contributed by atoms with Gasteiger partial charge in [-0.25, -0.2) is 9.79 Å². The minimum Gasteiger partial charge on any atom is -0.395 e. The van der Waals surface area contributed by atoms with Crippen LogP contribution in [0, 0.1) is 5.41 Å². The number of ketones is 1. The maximum atomic E-state index is 13.9. The summed E-state index contributed by atoms with van der Waals surface area (Å²) in [6.45, 7) is 2.83. The van der Waals surface area contributed by atoms with E-state index in [1.165, 1.54) is 4.90 Å². The molecule has 1 aliphatic heterocycles. The average molecular weight is 529 g/mol. The molecule has 3 amide bonds. The van der Waals surface area contributed by atoms with Crippen molar-refractivity contribution in [2.75, 3.05) is 35.7 Å². The standard InChI is InChI=1S/C29H32N6O4/c1-4-29(2,18-36)24(37)17-35-23-14-6-5-12-21(23)25(22-13-7-8-15-31-22)33-26(27(35)38)34-28(39)32-20-11-9-10-19(16-20)30-3/h5-16,26,30,36H,4,17-18H2,1-3H3,(H2,32,34,39)/t26-,29?/m0/s1. The summed E-state index contributed by atoms with van der Waals surface area (Å²) < 4.78 is 0. The molecule has 3 aromatic rings. The number of carbonyl (C=O) groups is 3. The predicted octanol–water partition coefficient (Wildman–Crippen LogP) is 3.43. The van der Waals surface area contributed by atoms with Crippen LogP contribution in [0.3, 0.4) is 0 Å². The molecule has 1 unspecified atom stereocenters. The Morgan fingerprint density at radius 3 is 2.49 bits per heavy atom. The highest BCUT2D eigenvalue weighted by atomic mass is 16.3. The Bertz CT molecular complexity index is 1390. The molecule has 0 radical (unpaired) electrons. The number of fused-ring (bicyclic) bond motifs is 1. The lowest BCUT2D eigenvalue weighted by atomic mass is 9.83. The fraction of sp³-hybridized carbons (Fsp3) is 0.276. The number of carbonyl (C=O) groups excluding carboxylic acids is 3. The summed E-state index contributed by atoms with van der Waals surface area (Å²) in [6.07, 6.45) is 0.667. The van der Waals surface area contributed by atoms with E-state index in [0.717, 1.165) is 5.69 Å². The van der Waals surface area contributed by atoms with Crippen molar-refractivity contribution in [1.29, 1.82) is 0 Å². The van der Waals surface area contributed by atoms with Gasteiger partial charge in [-0.2, -0.15) is 0 Å². The first-order valence-corrected chi connectivity index (χ1v) is 12.7. The molecule has 10 heteroatoms. The zero-order valence-electron chi connectivity index (χ0n) is 22.1. The van der Waals surface area contributed by atoms with Crippen molar-refractivity contribution in [3.63, 3.8) is 0 Å². The van der Waals surface area contributed by atoms with Gasteiger partial charge in [0.25, 0.3) is 5.91 Å². The van der Waals surface area contributed by atoms with Crippen LogP contribution < -0.4 is 20.9 Å². The van der Waals surface area contributed by atoms with Gasteiger partial charge in [0.05, 0.1) is 35.7 Å². The van der Waals surface area contributed by atoms with Crippen LogP contribution >= 0.6 is 0 Å². The van der Waals surface area contributed by atoms with Crippen molar-refractivity contribution < 1.29 is 19.5 Å². The molecule has 4 rings (SSSR count). The molecule has 2 atom stereocenters. The number of aromatic nitrogens is 1. The maximum absolute atomic E-state index is 13.9. The molecule has 202 valence electrons. The van der Waals surface area contributed by atoms with Gasteiger partial charge in [-0.3, -0.25) is 14.6 Å². The fourth-order valence-electron chi connectivity index (χ4n) is 4.17. The Morgan fingerprint density at radius 1 is 1.05 bits per heavy atom. The molecule has 1 aliphatic rings. The Balaban J connectivity index is 1.74. The largest absolute Gasteiger partial charge is 0.395 e. The van der Waals surface area contributed by atoms with E-state index in [1.807, 2.05) is 13.0 Å². The Hall–Kier alpha value is -4.57. The van der Waals surface area contributed by atoms with Gasteiger partial charge in [0.15, 0.2) is 5.78 Å². The second kappa shape index (κ2) is 11.9. The number of benzodiazepines with no additional fused rings is 1. The van der Waals surface area contributed by atoms with Gasteiger partial charge in [0.1, 0.15) is 0 Å². The number of aliphatic imine (C=N–C) groups is 1. The number of rotatable bonds is 9. The first-order chi connectivity index (χ1) is 18.8. The number of aliphatic hydroxyl groups excluding tert-OH is 1. The zero-order chi connectivity index (χ0) is 28.0. The summed E-state index contributed by atoms with van der Waals surface area (Å²) in [5.41, 5.74) is 2.26. The number of hydrogen-bond acceptors (Lipinski definition) is 7. The van der Waals surface area contributed by atoms with Crippen molar-refractivity contribution in [3.8, 4) is 0 Å². The Kier molecular flexibility index (Phi) is 8.36. The number of aliphatic hydroxyl groups is 1. The lowest BCUT2D eigenvalue weighted by molar-refractivity contribution is -0.130. The van der Waals surface area contributed by atoms with Gasteiger partial charge < -0.3 is 26.0 Å². The summed E-state index contributed by atoms with van der Waals surface area (Å²) in [6, 6.07) is 18.9. The van der Waals surface area contributed by atoms with Crippen molar-refractivity contribution >= 4 is 40.5 Å². The zero-order valence-corrected chi connectivity index (χ0v) is 22.1. The van der Waals surface area contributed by atoms with E-state index in [9.17, 15) is 19.5 Å². The number of hydrogen-bond donors (Lipinski definition) is 4. The van der Waals surface area contributed by atoms with Crippen LogP contribution in [-0.4, -0.2) is 59.9 Å². The number of nitrogens with zero attached hydrogens (tertiary/aromatic N) is 3. The van der Waals surface area contributed by atoms with Crippen molar-refractivity contribution in [3.05, 3.63) is 84.2 Å². The van der Waals surface area contributed by atoms with Crippen molar-refractivity contribution in [2.24, 2.45) is 10.4 Å². The number of Topliss-reactive ketones (excluding diaryl/α,β-unsaturated/α-hetero) is 1. The van der Waals surface area contributed by atoms with Crippen molar-refractivity contribution in [2.45, 2.75) is 26.4 Å². The minimum atomic E-state index is -1.35. The Morgan fingerprint density at radius 2 is 1.79 bits per heavy atom. The number of nitrogens with one attached hydrogen (secondary N) is 3. The summed E-state index contributed by atoms with van der Waals surface area (Å²) in [5, 5.41) is 18.3. The smallest absolute Gasteiger partial charge is 0.321 e. The van der Waals surface area contributed by atoms with Crippen LogP contribution in [0.1, 0.15) is 31.5 Å². The molecule has 0 aliphatic carbocycles. The quantitative estimate of drug-likeness (QED) is 0.336. The van der Waals surface area contributed by atoms with Gasteiger partial charge in [0, 0.05) is 30.2 Å². The topological polar surface area (TPSA) is 136 Å². The number of pyridine rings is 1. The van der Waals surface area contributed by atoms with E-state index in [2.05, 4.69) is 25.9 Å². The molecule has 0 saturated carbocycles. The van der Waals surface area contributed by atoms with Crippen LogP contribution in [0.4, 0.5) is 21.9 Å². The maximum Gasteiger partial charge on any atom is 0.321 e. The van der Waals surface area contributed by atoms with E-state index in [-0.39, 0.29) is 18.9 Å². The molecule has 0 bridgehead atoms. The monoisotopic (exact) mass is 528 g/mol. The average Bonchev–Trinajstić information content (AvgIpc) is 3.08. The van der Waals surface area contributed by atoms with Crippen molar-refractivity contribution in [1.82, 2.24) is 10.3 Å². The molecular weight excluding hydrogens is 496 g/mol. The number of benzene rings is 2. The summed E-state index contributed by atoms with van der Waals surface area (Å²) >= 11 is 0. The molecule has 0 spiro atoms. The molecule has 0 saturated heterocycles. The number of anilines is 3. The summed E-state index contributed by atoms with van der Waals surface area (Å²) in [5.74, 6) is -0.888. The second-order valence-corrected chi connectivity index (χ2v) is 9.46. The van der Waals surface area contributed by atoms with Crippen LogP contribution in [0.15, 0.2) is 77.9 Å². The molecule has 0 fully saturated rings. The van der Waals surface area contributed by atoms with Crippen LogP contribution in [-0.2, 0) is 9.59 Å². The van der Waals surface area contributed by atoms with E-state index >= 15 is 0 Å². The SMILES string of the molecule is CCC(C)(CO)C(=O)CN1C(=O)[C@H](NC(=O)Nc2cccc(NC)c2)N=C(c2ccccn2)c2ccccc21. The summed E-state index contributed by atoms with van der Waals surface area (Å²) in [7, 11) is 1.77. The third-order valence-corrected chi connectivity index (χ3v) is 6.90. The van der Waals surface area contributed by atoms with Gasteiger partial charge in [-0.05, 0) is 42.8 Å². The van der Waals surface area contributed by atoms with Gasteiger partial charge >= 0.3 is 6.03 Å². The first-order valence-electron chi connectivity index (χ1n) is 12.7. The minimum absolute atomic E-state index is 0.296. The number of para-hydroxylation sites is 1. The van der Waals surface area contributed by atoms with Crippen LogP contribution in [0.5, 0.6) is 0 Å². The molecule has 39 heavy (non-hydrogen) atoms. The molecule has 2 aromatic carbocycles. The van der Waals surface area contributed by atoms with Gasteiger partial charge in [-0.1, -0.05) is 44.2 Å². The highest BCUT2D eigenvalue weighted by Crippen LogP contribution is 2.30. The molecule has 2 heterocycles. The van der Waals surface area contributed by atoms with Gasteiger partial charge in [-0.15, -0.1) is 0 Å². The van der Waals surface area contributed by atoms with Crippen LogP contribution in [0.2, 0.25) is 0 Å². The van der Waals surface area contributed by atoms with E-state index in [0.29, 0.717) is 34.8 Å². The van der Waals surface area contributed by atoms with Gasteiger partial charge in [0.2, 0.25) is 6.17 Å². The lowest BCUT2D eigenvalue weighted by Crippen LogP contribution is -2.51. The van der Waals surface area contributed by atoms with Crippen LogP contribution in [0.25, 0.3) is 0 Å².